The minimum absolute atomic E-state index is 0.128. The van der Waals surface area contributed by atoms with Crippen molar-refractivity contribution in [3.63, 3.8) is 0 Å². The number of nitrogens with zero attached hydrogens (tertiary/aromatic N) is 3. The van der Waals surface area contributed by atoms with Gasteiger partial charge in [0, 0.05) is 34.8 Å². The summed E-state index contributed by atoms with van der Waals surface area (Å²) in [5.74, 6) is 2.59. The van der Waals surface area contributed by atoms with Gasteiger partial charge in [-0.2, -0.15) is 0 Å². The zero-order valence-electron chi connectivity index (χ0n) is 23.8. The lowest BCUT2D eigenvalue weighted by Gasteiger charge is -2.29. The third kappa shape index (κ3) is 8.10. The number of H-pyrrole nitrogens is 1. The quantitative estimate of drug-likeness (QED) is 0.227. The van der Waals surface area contributed by atoms with Crippen molar-refractivity contribution >= 4 is 22.5 Å². The molecule has 0 amide bonds. The maximum absolute atomic E-state index is 13.0. The second-order valence-electron chi connectivity index (χ2n) is 12.0. The van der Waals surface area contributed by atoms with Gasteiger partial charge in [-0.05, 0) is 32.1 Å². The number of carbonyl (C=O) groups excluding carboxylic acids is 1. The van der Waals surface area contributed by atoms with E-state index in [1.165, 1.54) is 101 Å². The smallest absolute Gasteiger partial charge is 0.192 e. The molecule has 1 aliphatic carbocycles. The van der Waals surface area contributed by atoms with Crippen LogP contribution in [0.4, 0.5) is 0 Å². The average Bonchev–Trinajstić information content (AvgIpc) is 3.42. The van der Waals surface area contributed by atoms with E-state index in [1.54, 1.807) is 0 Å². The first-order valence-corrected chi connectivity index (χ1v) is 15.9. The van der Waals surface area contributed by atoms with Crippen LogP contribution in [0.25, 0.3) is 5.65 Å². The fraction of sp³-hybridized carbons (Fsp3) is 0.833. The largest absolute Gasteiger partial charge is 0.294 e. The molecule has 1 aliphatic rings. The molecule has 1 saturated carbocycles. The Kier molecular flexibility index (Phi) is 11.9. The van der Waals surface area contributed by atoms with Gasteiger partial charge in [-0.1, -0.05) is 117 Å². The van der Waals surface area contributed by atoms with Gasteiger partial charge < -0.3 is 0 Å². The van der Waals surface area contributed by atoms with Crippen LogP contribution in [0, 0.1) is 18.8 Å². The number of carbonyl (C=O) groups is 1. The third-order valence-electron chi connectivity index (χ3n) is 8.33. The summed E-state index contributed by atoms with van der Waals surface area (Å²) in [7, 11) is 0. The predicted molar refractivity (Wildman–Crippen MR) is 154 cm³/mol. The van der Waals surface area contributed by atoms with Gasteiger partial charge >= 0.3 is 0 Å². The van der Waals surface area contributed by atoms with E-state index in [4.69, 9.17) is 0 Å². The Bertz CT molecular complexity index is 931. The van der Waals surface area contributed by atoms with Gasteiger partial charge in [0.15, 0.2) is 16.6 Å². The lowest BCUT2D eigenvalue weighted by atomic mass is 9.81. The standard InChI is InChI=1S/C30H52N4OS/c1-6-7-8-9-10-11-12-13-14-15-16-21-26-31-32-28-24(3)27(33-34(26)28)30(4,5)22-36-29(35)25-20-18-17-19-23(25)2/h23,25,33H,6-22H2,1-5H3/t23-,25?/m1/s1. The van der Waals surface area contributed by atoms with Crippen molar-refractivity contribution in [1.82, 2.24) is 19.8 Å². The first-order chi connectivity index (χ1) is 17.3. The van der Waals surface area contributed by atoms with Crippen molar-refractivity contribution in [3.05, 3.63) is 17.1 Å². The highest BCUT2D eigenvalue weighted by Gasteiger charge is 2.32. The molecule has 1 fully saturated rings. The van der Waals surface area contributed by atoms with Crippen LogP contribution in [0.15, 0.2) is 0 Å². The number of nitrogens with one attached hydrogen (secondary N) is 1. The van der Waals surface area contributed by atoms with Gasteiger partial charge in [0.2, 0.25) is 0 Å². The average molecular weight is 517 g/mol. The van der Waals surface area contributed by atoms with E-state index >= 15 is 0 Å². The minimum atomic E-state index is -0.128. The monoisotopic (exact) mass is 516 g/mol. The Morgan fingerprint density at radius 3 is 2.22 bits per heavy atom. The van der Waals surface area contributed by atoms with Gasteiger partial charge in [-0.25, -0.2) is 4.52 Å². The maximum atomic E-state index is 13.0. The van der Waals surface area contributed by atoms with Gasteiger partial charge in [-0.15, -0.1) is 10.2 Å². The van der Waals surface area contributed by atoms with Gasteiger partial charge in [0.25, 0.3) is 0 Å². The Hall–Kier alpha value is -1.30. The topological polar surface area (TPSA) is 63.0 Å². The van der Waals surface area contributed by atoms with Crippen molar-refractivity contribution in [3.8, 4) is 0 Å². The minimum Gasteiger partial charge on any atom is -0.294 e. The number of hydrogen-bond acceptors (Lipinski definition) is 4. The number of hydrogen-bond donors (Lipinski definition) is 1. The number of thioether (sulfide) groups is 1. The molecule has 5 nitrogen and oxygen atoms in total. The number of aryl methyl sites for hydroxylation is 2. The fourth-order valence-corrected chi connectivity index (χ4v) is 7.06. The molecule has 2 heterocycles. The van der Waals surface area contributed by atoms with E-state index in [9.17, 15) is 4.79 Å². The van der Waals surface area contributed by atoms with Crippen LogP contribution in [0.5, 0.6) is 0 Å². The molecule has 0 bridgehead atoms. The summed E-state index contributed by atoms with van der Waals surface area (Å²) in [5, 5.41) is 13.0. The first kappa shape index (κ1) is 29.3. The van der Waals surface area contributed by atoms with Crippen molar-refractivity contribution < 1.29 is 4.79 Å². The fourth-order valence-electron chi connectivity index (χ4n) is 5.85. The lowest BCUT2D eigenvalue weighted by molar-refractivity contribution is -0.116. The van der Waals surface area contributed by atoms with Crippen molar-refractivity contribution in [2.24, 2.45) is 11.8 Å². The highest BCUT2D eigenvalue weighted by Crippen LogP contribution is 2.36. The van der Waals surface area contributed by atoms with Crippen LogP contribution in [0.2, 0.25) is 0 Å². The molecule has 204 valence electrons. The Morgan fingerprint density at radius 2 is 1.58 bits per heavy atom. The molecule has 2 aromatic heterocycles. The normalized spacial score (nSPS) is 18.8. The van der Waals surface area contributed by atoms with Gasteiger partial charge in [0.05, 0.1) is 0 Å². The van der Waals surface area contributed by atoms with Gasteiger partial charge in [-0.3, -0.25) is 9.89 Å². The number of rotatable bonds is 16. The van der Waals surface area contributed by atoms with E-state index in [2.05, 4.69) is 54.4 Å². The molecule has 0 spiro atoms. The summed E-state index contributed by atoms with van der Waals surface area (Å²) in [4.78, 5) is 13.0. The summed E-state index contributed by atoms with van der Waals surface area (Å²) in [6.45, 7) is 11.2. The Morgan fingerprint density at radius 1 is 0.972 bits per heavy atom. The molecule has 6 heteroatoms. The van der Waals surface area contributed by atoms with Crippen LogP contribution in [-0.2, 0) is 16.6 Å². The van der Waals surface area contributed by atoms with E-state index in [1.807, 2.05) is 0 Å². The van der Waals surface area contributed by atoms with Crippen LogP contribution in [0.1, 0.15) is 141 Å². The molecule has 0 radical (unpaired) electrons. The molecule has 2 aromatic rings. The number of unbranched alkanes of at least 4 members (excludes halogenated alkanes) is 10. The van der Waals surface area contributed by atoms with Crippen LogP contribution < -0.4 is 0 Å². The second kappa shape index (κ2) is 14.6. The molecule has 0 aromatic carbocycles. The zero-order valence-corrected chi connectivity index (χ0v) is 24.7. The summed E-state index contributed by atoms with van der Waals surface area (Å²) in [5.41, 5.74) is 3.16. The second-order valence-corrected chi connectivity index (χ2v) is 13.0. The molecule has 0 saturated heterocycles. The molecule has 1 N–H and O–H groups in total. The van der Waals surface area contributed by atoms with E-state index in [0.717, 1.165) is 42.1 Å². The molecular weight excluding hydrogens is 464 g/mol. The lowest BCUT2D eigenvalue weighted by Crippen LogP contribution is -2.27. The van der Waals surface area contributed by atoms with Gasteiger partial charge in [0.1, 0.15) is 0 Å². The summed E-state index contributed by atoms with van der Waals surface area (Å²) >= 11 is 1.54. The number of aromatic nitrogens is 4. The molecule has 3 rings (SSSR count). The molecule has 2 atom stereocenters. The van der Waals surface area contributed by atoms with Crippen molar-refractivity contribution in [2.75, 3.05) is 5.75 Å². The van der Waals surface area contributed by atoms with E-state index in [-0.39, 0.29) is 11.3 Å². The first-order valence-electron chi connectivity index (χ1n) is 14.9. The summed E-state index contributed by atoms with van der Waals surface area (Å²) in [6.07, 6.45) is 20.6. The third-order valence-corrected chi connectivity index (χ3v) is 9.79. The number of aromatic amines is 1. The van der Waals surface area contributed by atoms with Crippen LogP contribution in [0.3, 0.4) is 0 Å². The SMILES string of the molecule is CCCCCCCCCCCCCc1nnc2c(C)c(C(C)(C)CSC(=O)C3CCCC[C@H]3C)[nH]n12. The molecule has 1 unspecified atom stereocenters. The van der Waals surface area contributed by atoms with E-state index in [0.29, 0.717) is 11.0 Å². The predicted octanol–water partition coefficient (Wildman–Crippen LogP) is 8.58. The maximum Gasteiger partial charge on any atom is 0.192 e. The Labute approximate surface area is 224 Å². The van der Waals surface area contributed by atoms with Crippen LogP contribution in [-0.4, -0.2) is 30.7 Å². The van der Waals surface area contributed by atoms with E-state index < -0.39 is 0 Å². The molecule has 36 heavy (non-hydrogen) atoms. The zero-order chi connectivity index (χ0) is 26.0. The Balaban J connectivity index is 1.45. The molecule has 0 aliphatic heterocycles. The highest BCUT2D eigenvalue weighted by atomic mass is 32.2. The number of fused-ring (bicyclic) bond motifs is 1. The van der Waals surface area contributed by atoms with Crippen molar-refractivity contribution in [2.45, 2.75) is 143 Å². The van der Waals surface area contributed by atoms with Crippen LogP contribution >= 0.6 is 11.8 Å². The summed E-state index contributed by atoms with van der Waals surface area (Å²) < 4.78 is 2.10. The van der Waals surface area contributed by atoms with Crippen molar-refractivity contribution in [1.29, 1.82) is 0 Å². The summed E-state index contributed by atoms with van der Waals surface area (Å²) in [6, 6.07) is 0. The highest BCUT2D eigenvalue weighted by molar-refractivity contribution is 8.13. The molecular formula is C30H52N4OS.